The molecule has 2 aromatic heterocycles. The molecule has 0 unspecified atom stereocenters. The van der Waals surface area contributed by atoms with Crippen LogP contribution in [0.15, 0.2) is 52.3 Å². The number of aromatic amines is 1. The molecule has 3 heterocycles. The van der Waals surface area contributed by atoms with E-state index in [0.29, 0.717) is 12.1 Å². The van der Waals surface area contributed by atoms with Crippen LogP contribution in [0.2, 0.25) is 0 Å². The Balaban J connectivity index is 1.50. The van der Waals surface area contributed by atoms with Crippen molar-refractivity contribution in [3.05, 3.63) is 69.1 Å². The Labute approximate surface area is 153 Å². The molecule has 0 radical (unpaired) electrons. The highest BCUT2D eigenvalue weighted by atomic mass is 16.5. The minimum Gasteiger partial charge on any atom is -0.390 e. The van der Waals surface area contributed by atoms with Crippen molar-refractivity contribution in [2.45, 2.75) is 38.3 Å². The molecular formula is C18H19N5O4. The fraction of sp³-hybridized carbons (Fsp3) is 0.333. The second kappa shape index (κ2) is 6.93. The molecule has 1 aromatic carbocycles. The van der Waals surface area contributed by atoms with Crippen molar-refractivity contribution >= 4 is 0 Å². The summed E-state index contributed by atoms with van der Waals surface area (Å²) in [4.78, 5) is 25.8. The van der Waals surface area contributed by atoms with Crippen molar-refractivity contribution in [1.29, 1.82) is 0 Å². The van der Waals surface area contributed by atoms with Crippen LogP contribution in [0, 0.1) is 6.92 Å². The van der Waals surface area contributed by atoms with Gasteiger partial charge in [0.05, 0.1) is 18.8 Å². The van der Waals surface area contributed by atoms with Gasteiger partial charge in [-0.25, -0.2) is 9.48 Å². The molecule has 2 N–H and O–H groups in total. The predicted octanol–water partition coefficient (Wildman–Crippen LogP) is 0.452. The Bertz CT molecular complexity index is 1060. The monoisotopic (exact) mass is 369 g/mol. The smallest absolute Gasteiger partial charge is 0.330 e. The molecule has 1 aliphatic rings. The zero-order valence-corrected chi connectivity index (χ0v) is 14.6. The van der Waals surface area contributed by atoms with Crippen molar-refractivity contribution in [2.75, 3.05) is 0 Å². The zero-order chi connectivity index (χ0) is 19.0. The van der Waals surface area contributed by atoms with Crippen LogP contribution >= 0.6 is 0 Å². The molecule has 1 aliphatic heterocycles. The van der Waals surface area contributed by atoms with Crippen LogP contribution in [0.3, 0.4) is 0 Å². The number of aromatic nitrogens is 5. The van der Waals surface area contributed by atoms with Crippen LogP contribution in [0.25, 0.3) is 11.3 Å². The number of aliphatic hydroxyl groups is 1. The van der Waals surface area contributed by atoms with Crippen LogP contribution in [0.1, 0.15) is 18.2 Å². The first kappa shape index (κ1) is 17.4. The first-order chi connectivity index (χ1) is 13.0. The largest absolute Gasteiger partial charge is 0.390 e. The molecule has 0 aliphatic carbocycles. The third kappa shape index (κ3) is 3.46. The third-order valence-corrected chi connectivity index (χ3v) is 4.64. The molecule has 9 heteroatoms. The fourth-order valence-electron chi connectivity index (χ4n) is 3.16. The second-order valence-electron chi connectivity index (χ2n) is 6.60. The molecule has 140 valence electrons. The third-order valence-electron chi connectivity index (χ3n) is 4.64. The van der Waals surface area contributed by atoms with Crippen molar-refractivity contribution < 1.29 is 9.84 Å². The molecule has 3 atom stereocenters. The molecule has 9 nitrogen and oxygen atoms in total. The van der Waals surface area contributed by atoms with E-state index in [1.807, 2.05) is 30.3 Å². The number of benzene rings is 1. The SMILES string of the molecule is Cc1cn([C@H]2C[C@H](O)[C@@H](Cn3cc(-c4ccccc4)nn3)O2)c(=O)[nH]c1=O. The number of ether oxygens (including phenoxy) is 1. The summed E-state index contributed by atoms with van der Waals surface area (Å²) >= 11 is 0. The maximum Gasteiger partial charge on any atom is 0.330 e. The summed E-state index contributed by atoms with van der Waals surface area (Å²) in [6.45, 7) is 1.91. The lowest BCUT2D eigenvalue weighted by atomic mass is 10.1. The first-order valence-electron chi connectivity index (χ1n) is 8.62. The number of nitrogens with zero attached hydrogens (tertiary/aromatic N) is 4. The molecule has 3 aromatic rings. The molecule has 0 bridgehead atoms. The van der Waals surface area contributed by atoms with Crippen molar-refractivity contribution in [1.82, 2.24) is 24.5 Å². The van der Waals surface area contributed by atoms with Gasteiger partial charge >= 0.3 is 5.69 Å². The number of aliphatic hydroxyl groups excluding tert-OH is 1. The van der Waals surface area contributed by atoms with E-state index in [1.54, 1.807) is 17.8 Å². The minimum absolute atomic E-state index is 0.246. The average molecular weight is 369 g/mol. The maximum absolute atomic E-state index is 12.0. The van der Waals surface area contributed by atoms with E-state index in [9.17, 15) is 14.7 Å². The summed E-state index contributed by atoms with van der Waals surface area (Å²) in [5, 5.41) is 18.6. The van der Waals surface area contributed by atoms with Gasteiger partial charge in [0.2, 0.25) is 0 Å². The molecule has 0 amide bonds. The summed E-state index contributed by atoms with van der Waals surface area (Å²) < 4.78 is 8.77. The average Bonchev–Trinajstić information content (AvgIpc) is 3.26. The van der Waals surface area contributed by atoms with Gasteiger partial charge < -0.3 is 9.84 Å². The second-order valence-corrected chi connectivity index (χ2v) is 6.60. The number of hydrogen-bond acceptors (Lipinski definition) is 6. The zero-order valence-electron chi connectivity index (χ0n) is 14.6. The molecule has 0 spiro atoms. The quantitative estimate of drug-likeness (QED) is 0.690. The van der Waals surface area contributed by atoms with Gasteiger partial charge in [-0.05, 0) is 6.92 Å². The van der Waals surface area contributed by atoms with E-state index in [1.165, 1.54) is 10.8 Å². The van der Waals surface area contributed by atoms with Gasteiger partial charge in [-0.2, -0.15) is 0 Å². The van der Waals surface area contributed by atoms with E-state index < -0.39 is 29.7 Å². The number of rotatable bonds is 4. The first-order valence-corrected chi connectivity index (χ1v) is 8.62. The van der Waals surface area contributed by atoms with Crippen LogP contribution < -0.4 is 11.2 Å². The van der Waals surface area contributed by atoms with Gasteiger partial charge in [-0.1, -0.05) is 35.5 Å². The maximum atomic E-state index is 12.0. The Morgan fingerprint density at radius 3 is 2.81 bits per heavy atom. The van der Waals surface area contributed by atoms with E-state index in [0.717, 1.165) is 11.3 Å². The van der Waals surface area contributed by atoms with Gasteiger partial charge in [0.25, 0.3) is 5.56 Å². The summed E-state index contributed by atoms with van der Waals surface area (Å²) in [6.07, 6.45) is 1.53. The summed E-state index contributed by atoms with van der Waals surface area (Å²) in [5.74, 6) is 0. The summed E-state index contributed by atoms with van der Waals surface area (Å²) in [6, 6.07) is 9.66. The number of nitrogens with one attached hydrogen (secondary N) is 1. The number of H-pyrrole nitrogens is 1. The predicted molar refractivity (Wildman–Crippen MR) is 96.1 cm³/mol. The van der Waals surface area contributed by atoms with Crippen LogP contribution in [-0.2, 0) is 11.3 Å². The topological polar surface area (TPSA) is 115 Å². The van der Waals surface area contributed by atoms with Gasteiger partial charge in [-0.15, -0.1) is 5.10 Å². The fourth-order valence-corrected chi connectivity index (χ4v) is 3.16. The van der Waals surface area contributed by atoms with Crippen molar-refractivity contribution in [2.24, 2.45) is 0 Å². The lowest BCUT2D eigenvalue weighted by Gasteiger charge is -2.16. The molecule has 1 saturated heterocycles. The van der Waals surface area contributed by atoms with E-state index in [-0.39, 0.29) is 6.42 Å². The highest BCUT2D eigenvalue weighted by molar-refractivity contribution is 5.57. The minimum atomic E-state index is -0.765. The van der Waals surface area contributed by atoms with Crippen molar-refractivity contribution in [3.63, 3.8) is 0 Å². The van der Waals surface area contributed by atoms with Gasteiger partial charge in [0, 0.05) is 23.7 Å². The van der Waals surface area contributed by atoms with Crippen LogP contribution in [0.5, 0.6) is 0 Å². The molecule has 27 heavy (non-hydrogen) atoms. The van der Waals surface area contributed by atoms with Gasteiger partial charge in [-0.3, -0.25) is 14.3 Å². The molecular weight excluding hydrogens is 350 g/mol. The lowest BCUT2D eigenvalue weighted by Crippen LogP contribution is -2.33. The van der Waals surface area contributed by atoms with Gasteiger partial charge in [0.1, 0.15) is 18.0 Å². The highest BCUT2D eigenvalue weighted by Crippen LogP contribution is 2.28. The molecule has 0 saturated carbocycles. The van der Waals surface area contributed by atoms with Crippen LogP contribution in [0.4, 0.5) is 0 Å². The van der Waals surface area contributed by atoms with E-state index >= 15 is 0 Å². The summed E-state index contributed by atoms with van der Waals surface area (Å²) in [5.41, 5.74) is 1.09. The Morgan fingerprint density at radius 2 is 2.04 bits per heavy atom. The number of hydrogen-bond donors (Lipinski definition) is 2. The lowest BCUT2D eigenvalue weighted by molar-refractivity contribution is -0.0302. The number of aryl methyl sites for hydroxylation is 1. The Kier molecular flexibility index (Phi) is 4.46. The standard InChI is InChI=1S/C18H19N5O4/c1-11-8-23(18(26)19-17(11)25)16-7-14(24)15(27-16)10-22-9-13(20-21-22)12-5-3-2-4-6-12/h2-6,8-9,14-16,24H,7,10H2,1H3,(H,19,25,26)/t14-,15+,16+/m0/s1. The summed E-state index contributed by atoms with van der Waals surface area (Å²) in [7, 11) is 0. The van der Waals surface area contributed by atoms with E-state index in [2.05, 4.69) is 15.3 Å². The normalized spacial score (nSPS) is 22.2. The Morgan fingerprint density at radius 1 is 1.26 bits per heavy atom. The van der Waals surface area contributed by atoms with Crippen LogP contribution in [-0.4, -0.2) is 41.9 Å². The van der Waals surface area contributed by atoms with E-state index in [4.69, 9.17) is 4.74 Å². The van der Waals surface area contributed by atoms with Crippen molar-refractivity contribution in [3.8, 4) is 11.3 Å². The van der Waals surface area contributed by atoms with Gasteiger partial charge in [0.15, 0.2) is 0 Å². The molecule has 1 fully saturated rings. The highest BCUT2D eigenvalue weighted by Gasteiger charge is 2.36. The Hall–Kier alpha value is -3.04. The molecule has 4 rings (SSSR count).